The summed E-state index contributed by atoms with van der Waals surface area (Å²) >= 11 is 3.45. The maximum absolute atomic E-state index is 10.4. The Balaban J connectivity index is 2.09. The Morgan fingerprint density at radius 1 is 1.39 bits per heavy atom. The van der Waals surface area contributed by atoms with E-state index in [1.807, 2.05) is 19.1 Å². The van der Waals surface area contributed by atoms with Gasteiger partial charge in [0.2, 0.25) is 0 Å². The Kier molecular flexibility index (Phi) is 4.07. The molecule has 1 aromatic heterocycles. The van der Waals surface area contributed by atoms with Crippen molar-refractivity contribution in [1.82, 2.24) is 0 Å². The summed E-state index contributed by atoms with van der Waals surface area (Å²) in [6.07, 6.45) is 2.56. The average Bonchev–Trinajstić information content (AvgIpc) is 2.62. The molecule has 0 fully saturated rings. The second kappa shape index (κ2) is 5.57. The van der Waals surface area contributed by atoms with Gasteiger partial charge < -0.3 is 9.52 Å². The van der Waals surface area contributed by atoms with Crippen molar-refractivity contribution < 1.29 is 14.3 Å². The van der Waals surface area contributed by atoms with Crippen LogP contribution in [0.15, 0.2) is 27.1 Å². The number of fused-ring (bicyclic) bond motifs is 1. The third kappa shape index (κ3) is 2.93. The molecule has 0 radical (unpaired) electrons. The van der Waals surface area contributed by atoms with Gasteiger partial charge in [0.25, 0.3) is 0 Å². The lowest BCUT2D eigenvalue weighted by Crippen LogP contribution is -1.94. The van der Waals surface area contributed by atoms with Crippen LogP contribution in [0.3, 0.4) is 0 Å². The van der Waals surface area contributed by atoms with Gasteiger partial charge in [0.15, 0.2) is 0 Å². The van der Waals surface area contributed by atoms with Crippen molar-refractivity contribution in [2.24, 2.45) is 0 Å². The zero-order valence-corrected chi connectivity index (χ0v) is 11.8. The lowest BCUT2D eigenvalue weighted by molar-refractivity contribution is -0.137. The fourth-order valence-corrected chi connectivity index (χ4v) is 2.41. The number of hydrogen-bond donors (Lipinski definition) is 1. The standard InChI is InChI=1S/C14H15BrO3/c1-9-11-8-10(15)6-7-13(11)18-12(9)4-2-3-5-14(16)17/h6-8H,2-5H2,1H3,(H,16,17). The van der Waals surface area contributed by atoms with Crippen LogP contribution < -0.4 is 0 Å². The first-order chi connectivity index (χ1) is 8.58. The Morgan fingerprint density at radius 3 is 2.89 bits per heavy atom. The highest BCUT2D eigenvalue weighted by Crippen LogP contribution is 2.28. The molecule has 0 aliphatic rings. The molecule has 1 heterocycles. The molecular weight excluding hydrogens is 296 g/mol. The van der Waals surface area contributed by atoms with Crippen LogP contribution in [0.5, 0.6) is 0 Å². The lowest BCUT2D eigenvalue weighted by atomic mass is 10.1. The predicted molar refractivity (Wildman–Crippen MR) is 73.8 cm³/mol. The minimum absolute atomic E-state index is 0.227. The first-order valence-corrected chi connectivity index (χ1v) is 6.76. The first kappa shape index (κ1) is 13.1. The number of carboxylic acids is 1. The van der Waals surface area contributed by atoms with E-state index in [0.29, 0.717) is 6.42 Å². The minimum Gasteiger partial charge on any atom is -0.481 e. The van der Waals surface area contributed by atoms with E-state index in [-0.39, 0.29) is 6.42 Å². The number of halogens is 1. The van der Waals surface area contributed by atoms with Gasteiger partial charge in [0.1, 0.15) is 11.3 Å². The van der Waals surface area contributed by atoms with Crippen molar-refractivity contribution in [1.29, 1.82) is 0 Å². The smallest absolute Gasteiger partial charge is 0.303 e. The van der Waals surface area contributed by atoms with E-state index in [2.05, 4.69) is 22.0 Å². The van der Waals surface area contributed by atoms with E-state index in [4.69, 9.17) is 9.52 Å². The van der Waals surface area contributed by atoms with Crippen LogP contribution in [-0.2, 0) is 11.2 Å². The maximum Gasteiger partial charge on any atom is 0.303 e. The molecule has 0 saturated carbocycles. The van der Waals surface area contributed by atoms with Crippen LogP contribution in [0.2, 0.25) is 0 Å². The van der Waals surface area contributed by atoms with Gasteiger partial charge in [0.05, 0.1) is 0 Å². The van der Waals surface area contributed by atoms with Crippen molar-refractivity contribution in [3.8, 4) is 0 Å². The van der Waals surface area contributed by atoms with Crippen LogP contribution in [0, 0.1) is 6.92 Å². The Labute approximate surface area is 114 Å². The summed E-state index contributed by atoms with van der Waals surface area (Å²) in [6.45, 7) is 2.05. The Morgan fingerprint density at radius 2 is 2.17 bits per heavy atom. The van der Waals surface area contributed by atoms with Crippen molar-refractivity contribution in [3.05, 3.63) is 34.0 Å². The number of aliphatic carboxylic acids is 1. The number of hydrogen-bond acceptors (Lipinski definition) is 2. The Bertz CT molecular complexity index is 572. The number of rotatable bonds is 5. The van der Waals surface area contributed by atoms with Gasteiger partial charge in [-0.05, 0) is 43.5 Å². The highest BCUT2D eigenvalue weighted by molar-refractivity contribution is 9.10. The molecule has 3 nitrogen and oxygen atoms in total. The fourth-order valence-electron chi connectivity index (χ4n) is 2.04. The highest BCUT2D eigenvalue weighted by Gasteiger charge is 2.10. The van der Waals surface area contributed by atoms with Gasteiger partial charge in [-0.25, -0.2) is 0 Å². The van der Waals surface area contributed by atoms with Gasteiger partial charge in [-0.3, -0.25) is 4.79 Å². The molecule has 0 unspecified atom stereocenters. The fraction of sp³-hybridized carbons (Fsp3) is 0.357. The number of carbonyl (C=O) groups is 1. The summed E-state index contributed by atoms with van der Waals surface area (Å²) in [7, 11) is 0. The number of benzene rings is 1. The highest BCUT2D eigenvalue weighted by atomic mass is 79.9. The molecule has 96 valence electrons. The molecule has 0 spiro atoms. The molecule has 18 heavy (non-hydrogen) atoms. The molecule has 0 amide bonds. The number of carboxylic acid groups (broad SMARTS) is 1. The second-order valence-corrected chi connectivity index (χ2v) is 5.31. The molecule has 0 aliphatic carbocycles. The monoisotopic (exact) mass is 310 g/mol. The molecule has 1 N–H and O–H groups in total. The largest absolute Gasteiger partial charge is 0.481 e. The number of aryl methyl sites for hydroxylation is 2. The third-order valence-corrected chi connectivity index (χ3v) is 3.53. The van der Waals surface area contributed by atoms with Crippen LogP contribution >= 0.6 is 15.9 Å². The van der Waals surface area contributed by atoms with Gasteiger partial charge in [-0.15, -0.1) is 0 Å². The molecular formula is C14H15BrO3. The molecule has 0 atom stereocenters. The Hall–Kier alpha value is -1.29. The third-order valence-electron chi connectivity index (χ3n) is 3.04. The predicted octanol–water partition coefficient (Wildman–Crippen LogP) is 4.30. The summed E-state index contributed by atoms with van der Waals surface area (Å²) < 4.78 is 6.83. The summed E-state index contributed by atoms with van der Waals surface area (Å²) in [5, 5.41) is 9.70. The van der Waals surface area contributed by atoms with Crippen molar-refractivity contribution >= 4 is 32.9 Å². The summed E-state index contributed by atoms with van der Waals surface area (Å²) in [5.74, 6) is 0.230. The van der Waals surface area contributed by atoms with Crippen LogP contribution in [0.25, 0.3) is 11.0 Å². The summed E-state index contributed by atoms with van der Waals surface area (Å²) in [4.78, 5) is 10.4. The topological polar surface area (TPSA) is 50.4 Å². The second-order valence-electron chi connectivity index (χ2n) is 4.39. The SMILES string of the molecule is Cc1c(CCCCC(=O)O)oc2ccc(Br)cc12. The first-order valence-electron chi connectivity index (χ1n) is 5.97. The van der Waals surface area contributed by atoms with Crippen molar-refractivity contribution in [2.75, 3.05) is 0 Å². The van der Waals surface area contributed by atoms with E-state index in [1.54, 1.807) is 0 Å². The van der Waals surface area contributed by atoms with E-state index >= 15 is 0 Å². The molecule has 0 saturated heterocycles. The van der Waals surface area contributed by atoms with Gasteiger partial charge in [0, 0.05) is 22.7 Å². The minimum atomic E-state index is -0.736. The zero-order valence-electron chi connectivity index (χ0n) is 10.2. The summed E-state index contributed by atoms with van der Waals surface area (Å²) in [5.41, 5.74) is 2.05. The van der Waals surface area contributed by atoms with Crippen molar-refractivity contribution in [2.45, 2.75) is 32.6 Å². The number of furan rings is 1. The zero-order chi connectivity index (χ0) is 13.1. The molecule has 1 aromatic carbocycles. The quantitative estimate of drug-likeness (QED) is 0.838. The van der Waals surface area contributed by atoms with E-state index < -0.39 is 5.97 Å². The lowest BCUT2D eigenvalue weighted by Gasteiger charge is -1.97. The molecule has 0 bridgehead atoms. The van der Waals surface area contributed by atoms with E-state index in [1.165, 1.54) is 0 Å². The molecule has 0 aliphatic heterocycles. The van der Waals surface area contributed by atoms with Crippen LogP contribution in [0.1, 0.15) is 30.6 Å². The van der Waals surface area contributed by atoms with Gasteiger partial charge >= 0.3 is 5.97 Å². The normalized spacial score (nSPS) is 11.0. The van der Waals surface area contributed by atoms with Gasteiger partial charge in [-0.1, -0.05) is 15.9 Å². The number of unbranched alkanes of at least 4 members (excludes halogenated alkanes) is 1. The molecule has 4 heteroatoms. The van der Waals surface area contributed by atoms with Crippen molar-refractivity contribution in [3.63, 3.8) is 0 Å². The van der Waals surface area contributed by atoms with E-state index in [0.717, 1.165) is 39.6 Å². The van der Waals surface area contributed by atoms with Crippen LogP contribution in [0.4, 0.5) is 0 Å². The maximum atomic E-state index is 10.4. The molecule has 2 rings (SSSR count). The van der Waals surface area contributed by atoms with Crippen LogP contribution in [-0.4, -0.2) is 11.1 Å². The molecule has 2 aromatic rings. The summed E-state index contributed by atoms with van der Waals surface area (Å²) in [6, 6.07) is 5.96. The van der Waals surface area contributed by atoms with Gasteiger partial charge in [-0.2, -0.15) is 0 Å². The average molecular weight is 311 g/mol. The van der Waals surface area contributed by atoms with E-state index in [9.17, 15) is 4.79 Å².